The van der Waals surface area contributed by atoms with Crippen LogP contribution in [0.25, 0.3) is 11.1 Å². The predicted molar refractivity (Wildman–Crippen MR) is 119 cm³/mol. The molecule has 0 aliphatic carbocycles. The van der Waals surface area contributed by atoms with Crippen LogP contribution in [0.5, 0.6) is 0 Å². The van der Waals surface area contributed by atoms with Gasteiger partial charge in [-0.2, -0.15) is 0 Å². The van der Waals surface area contributed by atoms with Crippen molar-refractivity contribution in [1.29, 1.82) is 0 Å². The van der Waals surface area contributed by atoms with Gasteiger partial charge in [-0.1, -0.05) is 72.8 Å². The van der Waals surface area contributed by atoms with E-state index in [-0.39, 0.29) is 6.61 Å². The zero-order chi connectivity index (χ0) is 20.7. The van der Waals surface area contributed by atoms with Gasteiger partial charge in [0.05, 0.1) is 4.90 Å². The molecule has 0 aliphatic rings. The number of hydrogen-bond donors (Lipinski definition) is 1. The Morgan fingerprint density at radius 3 is 1.69 bits per heavy atom. The molecule has 0 spiro atoms. The molecule has 0 bridgehead atoms. The van der Waals surface area contributed by atoms with Crippen molar-refractivity contribution in [3.05, 3.63) is 102 Å². The summed E-state index contributed by atoms with van der Waals surface area (Å²) in [5.41, 5.74) is 5.51. The van der Waals surface area contributed by atoms with Gasteiger partial charge in [-0.15, -0.1) is 0 Å². The smallest absolute Gasteiger partial charge is 0.175 e. The summed E-state index contributed by atoms with van der Waals surface area (Å²) in [4.78, 5) is 0.317. The van der Waals surface area contributed by atoms with Crippen molar-refractivity contribution in [2.24, 2.45) is 0 Å². The van der Waals surface area contributed by atoms with Gasteiger partial charge in [0.2, 0.25) is 0 Å². The molecule has 3 aromatic carbocycles. The van der Waals surface area contributed by atoms with Gasteiger partial charge < -0.3 is 5.11 Å². The van der Waals surface area contributed by atoms with Crippen molar-refractivity contribution >= 4 is 21.0 Å². The molecule has 0 fully saturated rings. The summed E-state index contributed by atoms with van der Waals surface area (Å²) in [5, 5.41) is 9.27. The fraction of sp³-hybridized carbons (Fsp3) is 0.200. The normalized spacial score (nSPS) is 11.2. The van der Waals surface area contributed by atoms with Crippen molar-refractivity contribution < 1.29 is 13.5 Å². The van der Waals surface area contributed by atoms with Gasteiger partial charge in [0, 0.05) is 12.9 Å². The van der Waals surface area contributed by atoms with Crippen molar-refractivity contribution in [2.45, 2.75) is 24.2 Å². The van der Waals surface area contributed by atoms with Gasteiger partial charge in [0.25, 0.3) is 0 Å². The number of aliphatic hydroxyl groups excluding tert-OH is 1. The Hall–Kier alpha value is -2.69. The minimum Gasteiger partial charge on any atom is -0.396 e. The lowest BCUT2D eigenvalue weighted by molar-refractivity contribution is 0.285. The standard InChI is InChI=1S/C25H26O3S/c1-29(27,28)23-17-15-20(16-18-23)24(14-8-9-19-26)25(21-10-4-2-5-11-21)22-12-6-3-7-13-22/h2-7,10-13,15-18,26H,8-9,14,19H2,1H3. The number of aliphatic hydroxyl groups is 1. The van der Waals surface area contributed by atoms with Crippen LogP contribution in [0.3, 0.4) is 0 Å². The number of allylic oxidation sites excluding steroid dienone is 1. The first-order valence-corrected chi connectivity index (χ1v) is 11.6. The fourth-order valence-electron chi connectivity index (χ4n) is 3.46. The van der Waals surface area contributed by atoms with E-state index in [1.54, 1.807) is 12.1 Å². The molecular formula is C25H26O3S. The van der Waals surface area contributed by atoms with Crippen molar-refractivity contribution in [3.8, 4) is 0 Å². The quantitative estimate of drug-likeness (QED) is 0.413. The van der Waals surface area contributed by atoms with E-state index in [0.717, 1.165) is 47.1 Å². The number of rotatable bonds is 8. The lowest BCUT2D eigenvalue weighted by Gasteiger charge is -2.18. The topological polar surface area (TPSA) is 54.4 Å². The molecular weight excluding hydrogens is 380 g/mol. The molecule has 29 heavy (non-hydrogen) atoms. The first-order valence-electron chi connectivity index (χ1n) is 9.76. The highest BCUT2D eigenvalue weighted by Crippen LogP contribution is 2.35. The summed E-state index contributed by atoms with van der Waals surface area (Å²) >= 11 is 0. The maximum Gasteiger partial charge on any atom is 0.175 e. The lowest BCUT2D eigenvalue weighted by Crippen LogP contribution is -1.99. The molecule has 0 saturated heterocycles. The Morgan fingerprint density at radius 2 is 1.24 bits per heavy atom. The van der Waals surface area contributed by atoms with E-state index in [1.807, 2.05) is 48.5 Å². The second-order valence-electron chi connectivity index (χ2n) is 7.06. The molecule has 3 nitrogen and oxygen atoms in total. The zero-order valence-electron chi connectivity index (χ0n) is 16.6. The summed E-state index contributed by atoms with van der Waals surface area (Å²) in [6.07, 6.45) is 3.59. The first kappa shape index (κ1) is 21.0. The lowest BCUT2D eigenvalue weighted by atomic mass is 9.87. The van der Waals surface area contributed by atoms with Crippen LogP contribution < -0.4 is 0 Å². The average molecular weight is 407 g/mol. The number of hydrogen-bond acceptors (Lipinski definition) is 3. The SMILES string of the molecule is CS(=O)(=O)c1ccc(C(CCCCO)=C(c2ccccc2)c2ccccc2)cc1. The first-order chi connectivity index (χ1) is 14.0. The Bertz CT molecular complexity index is 1010. The van der Waals surface area contributed by atoms with E-state index in [4.69, 9.17) is 0 Å². The summed E-state index contributed by atoms with van der Waals surface area (Å²) in [6.45, 7) is 0.159. The highest BCUT2D eigenvalue weighted by Gasteiger charge is 2.15. The molecule has 0 saturated carbocycles. The van der Waals surface area contributed by atoms with Crippen LogP contribution in [-0.4, -0.2) is 26.4 Å². The van der Waals surface area contributed by atoms with Crippen LogP contribution in [0.4, 0.5) is 0 Å². The highest BCUT2D eigenvalue weighted by molar-refractivity contribution is 7.90. The molecule has 0 radical (unpaired) electrons. The largest absolute Gasteiger partial charge is 0.396 e. The summed E-state index contributed by atoms with van der Waals surface area (Å²) in [5.74, 6) is 0. The Labute approximate surface area is 173 Å². The van der Waals surface area contributed by atoms with Gasteiger partial charge in [0.1, 0.15) is 0 Å². The van der Waals surface area contributed by atoms with Gasteiger partial charge in [-0.05, 0) is 59.2 Å². The molecule has 3 aromatic rings. The monoisotopic (exact) mass is 406 g/mol. The van der Waals surface area contributed by atoms with Crippen LogP contribution >= 0.6 is 0 Å². The van der Waals surface area contributed by atoms with E-state index in [0.29, 0.717) is 4.90 Å². The Morgan fingerprint density at radius 1 is 0.724 bits per heavy atom. The van der Waals surface area contributed by atoms with E-state index in [9.17, 15) is 13.5 Å². The van der Waals surface area contributed by atoms with Gasteiger partial charge >= 0.3 is 0 Å². The second-order valence-corrected chi connectivity index (χ2v) is 9.08. The molecule has 150 valence electrons. The van der Waals surface area contributed by atoms with E-state index in [1.165, 1.54) is 6.26 Å². The molecule has 0 aliphatic heterocycles. The minimum absolute atomic E-state index is 0.159. The van der Waals surface area contributed by atoms with E-state index >= 15 is 0 Å². The van der Waals surface area contributed by atoms with Gasteiger partial charge in [-0.25, -0.2) is 8.42 Å². The summed E-state index contributed by atoms with van der Waals surface area (Å²) < 4.78 is 23.7. The van der Waals surface area contributed by atoms with Crippen LogP contribution in [-0.2, 0) is 9.84 Å². The molecule has 0 heterocycles. The Balaban J connectivity index is 2.20. The second kappa shape index (κ2) is 9.68. The average Bonchev–Trinajstić information content (AvgIpc) is 2.74. The zero-order valence-corrected chi connectivity index (χ0v) is 17.4. The van der Waals surface area contributed by atoms with Crippen LogP contribution in [0.15, 0.2) is 89.8 Å². The molecule has 0 unspecified atom stereocenters. The van der Waals surface area contributed by atoms with Crippen LogP contribution in [0, 0.1) is 0 Å². The van der Waals surface area contributed by atoms with Gasteiger partial charge in [-0.3, -0.25) is 0 Å². The molecule has 4 heteroatoms. The molecule has 3 rings (SSSR count). The van der Waals surface area contributed by atoms with E-state index in [2.05, 4.69) is 24.3 Å². The maximum absolute atomic E-state index is 11.9. The number of benzene rings is 3. The van der Waals surface area contributed by atoms with Crippen LogP contribution in [0.1, 0.15) is 36.0 Å². The summed E-state index contributed by atoms with van der Waals surface area (Å²) in [7, 11) is -3.24. The third kappa shape index (κ3) is 5.43. The Kier molecular flexibility index (Phi) is 7.02. The molecule has 1 N–H and O–H groups in total. The third-order valence-electron chi connectivity index (χ3n) is 4.89. The van der Waals surface area contributed by atoms with Crippen molar-refractivity contribution in [1.82, 2.24) is 0 Å². The number of unbranched alkanes of at least 4 members (excludes halogenated alkanes) is 1. The molecule has 0 atom stereocenters. The molecule has 0 aromatic heterocycles. The van der Waals surface area contributed by atoms with E-state index < -0.39 is 9.84 Å². The molecule has 0 amide bonds. The fourth-order valence-corrected chi connectivity index (χ4v) is 4.09. The predicted octanol–water partition coefficient (Wildman–Crippen LogP) is 5.21. The maximum atomic E-state index is 11.9. The third-order valence-corrected chi connectivity index (χ3v) is 6.02. The summed E-state index contributed by atoms with van der Waals surface area (Å²) in [6, 6.07) is 27.6. The number of sulfone groups is 1. The minimum atomic E-state index is -3.24. The van der Waals surface area contributed by atoms with Gasteiger partial charge in [0.15, 0.2) is 9.84 Å². The van der Waals surface area contributed by atoms with Crippen molar-refractivity contribution in [2.75, 3.05) is 12.9 Å². The van der Waals surface area contributed by atoms with Crippen LogP contribution in [0.2, 0.25) is 0 Å². The highest BCUT2D eigenvalue weighted by atomic mass is 32.2. The van der Waals surface area contributed by atoms with Crippen molar-refractivity contribution in [3.63, 3.8) is 0 Å².